The molecule has 0 aromatic rings. The number of nitrogens with zero attached hydrogens (tertiary/aromatic N) is 1. The molecule has 1 saturated carbocycles. The Hall–Kier alpha value is -0.650. The summed E-state index contributed by atoms with van der Waals surface area (Å²) in [5.74, 6) is 0.138. The first-order valence-electron chi connectivity index (χ1n) is 8.33. The smallest absolute Gasteiger partial charge is 0.224 e. The lowest BCUT2D eigenvalue weighted by atomic mass is 9.80. The lowest BCUT2D eigenvalue weighted by Crippen LogP contribution is -2.48. The average molecular weight is 300 g/mol. The standard InChI is InChI=1S/C16H32N2O3/c1-3-20-12-10-18(11-13-21-4-2)15(19)14-16(17)8-6-5-7-9-16/h3-14,17H2,1-2H3. The monoisotopic (exact) mass is 300 g/mol. The fourth-order valence-electron chi connectivity index (χ4n) is 2.85. The number of hydrogen-bond donors (Lipinski definition) is 1. The van der Waals surface area contributed by atoms with Crippen molar-refractivity contribution < 1.29 is 14.3 Å². The third-order valence-corrected chi connectivity index (χ3v) is 4.12. The second-order valence-corrected chi connectivity index (χ2v) is 5.87. The Balaban J connectivity index is 2.47. The molecule has 5 heteroatoms. The average Bonchev–Trinajstić information content (AvgIpc) is 2.46. The van der Waals surface area contributed by atoms with Gasteiger partial charge in [0.1, 0.15) is 0 Å². The fourth-order valence-corrected chi connectivity index (χ4v) is 2.85. The minimum absolute atomic E-state index is 0.138. The molecule has 0 unspecified atom stereocenters. The van der Waals surface area contributed by atoms with Gasteiger partial charge in [-0.25, -0.2) is 0 Å². The van der Waals surface area contributed by atoms with Crippen molar-refractivity contribution in [1.82, 2.24) is 4.90 Å². The van der Waals surface area contributed by atoms with Crippen molar-refractivity contribution in [2.75, 3.05) is 39.5 Å². The van der Waals surface area contributed by atoms with Crippen LogP contribution in [0.1, 0.15) is 52.4 Å². The first-order valence-corrected chi connectivity index (χ1v) is 8.33. The zero-order valence-electron chi connectivity index (χ0n) is 13.7. The van der Waals surface area contributed by atoms with Gasteiger partial charge in [-0.15, -0.1) is 0 Å². The number of hydrogen-bond acceptors (Lipinski definition) is 4. The van der Waals surface area contributed by atoms with Crippen molar-refractivity contribution >= 4 is 5.91 Å². The van der Waals surface area contributed by atoms with Crippen molar-refractivity contribution in [2.45, 2.75) is 57.9 Å². The van der Waals surface area contributed by atoms with E-state index in [0.717, 1.165) is 25.7 Å². The van der Waals surface area contributed by atoms with Crippen LogP contribution in [0.2, 0.25) is 0 Å². The molecule has 1 aliphatic carbocycles. The van der Waals surface area contributed by atoms with Crippen molar-refractivity contribution in [3.05, 3.63) is 0 Å². The van der Waals surface area contributed by atoms with Gasteiger partial charge in [0.2, 0.25) is 5.91 Å². The predicted octanol–water partition coefficient (Wildman–Crippen LogP) is 1.94. The van der Waals surface area contributed by atoms with Gasteiger partial charge in [-0.3, -0.25) is 4.79 Å². The van der Waals surface area contributed by atoms with Gasteiger partial charge in [0.15, 0.2) is 0 Å². The number of carbonyl (C=O) groups is 1. The Morgan fingerprint density at radius 3 is 2.05 bits per heavy atom. The molecule has 0 aromatic heterocycles. The molecule has 1 aliphatic rings. The number of rotatable bonds is 10. The SMILES string of the molecule is CCOCCN(CCOCC)C(=O)CC1(N)CCCCC1. The van der Waals surface area contributed by atoms with Gasteiger partial charge in [0.25, 0.3) is 0 Å². The molecule has 1 amide bonds. The van der Waals surface area contributed by atoms with E-state index in [2.05, 4.69) is 0 Å². The summed E-state index contributed by atoms with van der Waals surface area (Å²) in [6, 6.07) is 0. The maximum atomic E-state index is 12.5. The predicted molar refractivity (Wildman–Crippen MR) is 84.2 cm³/mol. The number of amides is 1. The quantitative estimate of drug-likeness (QED) is 0.626. The third kappa shape index (κ3) is 7.25. The molecule has 5 nitrogen and oxygen atoms in total. The van der Waals surface area contributed by atoms with E-state index in [4.69, 9.17) is 15.2 Å². The molecule has 21 heavy (non-hydrogen) atoms. The van der Waals surface area contributed by atoms with E-state index in [9.17, 15) is 4.79 Å². The summed E-state index contributed by atoms with van der Waals surface area (Å²) in [5.41, 5.74) is 6.10. The van der Waals surface area contributed by atoms with Gasteiger partial charge in [-0.1, -0.05) is 19.3 Å². The summed E-state index contributed by atoms with van der Waals surface area (Å²) in [4.78, 5) is 14.4. The first kappa shape index (κ1) is 18.4. The summed E-state index contributed by atoms with van der Waals surface area (Å²) in [6.45, 7) is 7.67. The van der Waals surface area contributed by atoms with Crippen LogP contribution in [0, 0.1) is 0 Å². The van der Waals surface area contributed by atoms with Crippen LogP contribution in [-0.4, -0.2) is 55.9 Å². The highest BCUT2D eigenvalue weighted by atomic mass is 16.5. The second-order valence-electron chi connectivity index (χ2n) is 5.87. The van der Waals surface area contributed by atoms with Gasteiger partial charge >= 0.3 is 0 Å². The van der Waals surface area contributed by atoms with Crippen LogP contribution in [0.5, 0.6) is 0 Å². The molecule has 0 saturated heterocycles. The van der Waals surface area contributed by atoms with E-state index in [1.54, 1.807) is 0 Å². The Bertz CT molecular complexity index is 281. The lowest BCUT2D eigenvalue weighted by molar-refractivity contribution is -0.134. The van der Waals surface area contributed by atoms with E-state index in [0.29, 0.717) is 45.9 Å². The van der Waals surface area contributed by atoms with E-state index < -0.39 is 0 Å². The van der Waals surface area contributed by atoms with Crippen LogP contribution in [0.3, 0.4) is 0 Å². The van der Waals surface area contributed by atoms with Gasteiger partial charge < -0.3 is 20.1 Å². The second kappa shape index (κ2) is 10.1. The molecule has 0 bridgehead atoms. The molecule has 124 valence electrons. The fraction of sp³-hybridized carbons (Fsp3) is 0.938. The third-order valence-electron chi connectivity index (χ3n) is 4.12. The largest absolute Gasteiger partial charge is 0.380 e. The van der Waals surface area contributed by atoms with Gasteiger partial charge in [0.05, 0.1) is 13.2 Å². The molecule has 0 heterocycles. The number of nitrogens with two attached hydrogens (primary N) is 1. The van der Waals surface area contributed by atoms with Crippen LogP contribution in [0.4, 0.5) is 0 Å². The van der Waals surface area contributed by atoms with Crippen LogP contribution in [0.25, 0.3) is 0 Å². The van der Waals surface area contributed by atoms with Crippen LogP contribution in [-0.2, 0) is 14.3 Å². The summed E-state index contributed by atoms with van der Waals surface area (Å²) < 4.78 is 10.7. The summed E-state index contributed by atoms with van der Waals surface area (Å²) in [7, 11) is 0. The van der Waals surface area contributed by atoms with Crippen LogP contribution in [0.15, 0.2) is 0 Å². The molecule has 0 aliphatic heterocycles. The lowest BCUT2D eigenvalue weighted by Gasteiger charge is -2.35. The highest BCUT2D eigenvalue weighted by Gasteiger charge is 2.31. The molecule has 0 spiro atoms. The molecule has 1 fully saturated rings. The Morgan fingerprint density at radius 2 is 1.57 bits per heavy atom. The zero-order valence-corrected chi connectivity index (χ0v) is 13.7. The molecular weight excluding hydrogens is 268 g/mol. The van der Waals surface area contributed by atoms with Crippen molar-refractivity contribution in [3.8, 4) is 0 Å². The Labute approximate surface area is 129 Å². The maximum absolute atomic E-state index is 12.5. The van der Waals surface area contributed by atoms with Crippen LogP contribution >= 0.6 is 0 Å². The van der Waals surface area contributed by atoms with Crippen molar-refractivity contribution in [1.29, 1.82) is 0 Å². The molecule has 0 aromatic carbocycles. The first-order chi connectivity index (χ1) is 10.1. The topological polar surface area (TPSA) is 64.8 Å². The summed E-state index contributed by atoms with van der Waals surface area (Å²) in [5, 5.41) is 0. The van der Waals surface area contributed by atoms with Gasteiger partial charge in [0, 0.05) is 38.3 Å². The number of ether oxygens (including phenoxy) is 2. The number of carbonyl (C=O) groups excluding carboxylic acids is 1. The normalized spacial score (nSPS) is 17.7. The molecule has 0 radical (unpaired) electrons. The molecule has 2 N–H and O–H groups in total. The minimum Gasteiger partial charge on any atom is -0.380 e. The molecule has 1 rings (SSSR count). The Kier molecular flexibility index (Phi) is 8.88. The highest BCUT2D eigenvalue weighted by molar-refractivity contribution is 5.77. The van der Waals surface area contributed by atoms with Gasteiger partial charge in [-0.2, -0.15) is 0 Å². The Morgan fingerprint density at radius 1 is 1.05 bits per heavy atom. The van der Waals surface area contributed by atoms with E-state index in [1.807, 2.05) is 18.7 Å². The van der Waals surface area contributed by atoms with Crippen molar-refractivity contribution in [3.63, 3.8) is 0 Å². The van der Waals surface area contributed by atoms with E-state index in [1.165, 1.54) is 6.42 Å². The minimum atomic E-state index is -0.301. The molecular formula is C16H32N2O3. The van der Waals surface area contributed by atoms with Crippen LogP contribution < -0.4 is 5.73 Å². The van der Waals surface area contributed by atoms with Gasteiger partial charge in [-0.05, 0) is 26.7 Å². The van der Waals surface area contributed by atoms with E-state index in [-0.39, 0.29) is 11.4 Å². The summed E-state index contributed by atoms with van der Waals surface area (Å²) >= 11 is 0. The zero-order chi connectivity index (χ0) is 15.6. The summed E-state index contributed by atoms with van der Waals surface area (Å²) in [6.07, 6.45) is 5.90. The maximum Gasteiger partial charge on any atom is 0.224 e. The highest BCUT2D eigenvalue weighted by Crippen LogP contribution is 2.29. The van der Waals surface area contributed by atoms with E-state index >= 15 is 0 Å². The molecule has 0 atom stereocenters. The van der Waals surface area contributed by atoms with Crippen molar-refractivity contribution in [2.24, 2.45) is 5.73 Å².